The number of nitrogens with two attached hydrogens (primary N) is 1. The first-order valence-corrected chi connectivity index (χ1v) is 6.57. The zero-order valence-electron chi connectivity index (χ0n) is 12.0. The molecule has 0 amide bonds. The molecule has 112 valence electrons. The fraction of sp³-hybridized carbons (Fsp3) is 0.267. The van der Waals surface area contributed by atoms with E-state index in [0.29, 0.717) is 17.9 Å². The summed E-state index contributed by atoms with van der Waals surface area (Å²) in [5.41, 5.74) is 7.18. The van der Waals surface area contributed by atoms with Gasteiger partial charge in [0.15, 0.2) is 5.84 Å². The first kappa shape index (κ1) is 14.9. The summed E-state index contributed by atoms with van der Waals surface area (Å²) in [4.78, 5) is 0. The van der Waals surface area contributed by atoms with Gasteiger partial charge in [-0.15, -0.1) is 0 Å². The van der Waals surface area contributed by atoms with Gasteiger partial charge in [0.05, 0.1) is 25.0 Å². The minimum Gasteiger partial charge on any atom is -0.496 e. The van der Waals surface area contributed by atoms with Crippen LogP contribution in [0.15, 0.2) is 46.2 Å². The molecule has 0 saturated heterocycles. The number of methoxy groups -OCH3 is 1. The molecule has 0 fully saturated rings. The number of nitrogens with zero attached hydrogens (tertiary/aromatic N) is 1. The Balaban J connectivity index is 2.07. The van der Waals surface area contributed by atoms with E-state index in [1.54, 1.807) is 19.4 Å². The van der Waals surface area contributed by atoms with Gasteiger partial charge in [0.1, 0.15) is 11.5 Å². The molecule has 1 atom stereocenters. The second-order valence-electron chi connectivity index (χ2n) is 4.64. The highest BCUT2D eigenvalue weighted by Gasteiger charge is 2.11. The van der Waals surface area contributed by atoms with Crippen LogP contribution in [-0.4, -0.2) is 18.2 Å². The molecule has 0 unspecified atom stereocenters. The smallest absolute Gasteiger partial charge is 0.173 e. The third kappa shape index (κ3) is 3.55. The Bertz CT molecular complexity index is 609. The second-order valence-corrected chi connectivity index (χ2v) is 4.64. The second kappa shape index (κ2) is 6.81. The van der Waals surface area contributed by atoms with E-state index in [-0.39, 0.29) is 11.9 Å². The summed E-state index contributed by atoms with van der Waals surface area (Å²) in [7, 11) is 1.55. The van der Waals surface area contributed by atoms with Crippen LogP contribution >= 0.6 is 0 Å². The summed E-state index contributed by atoms with van der Waals surface area (Å²) in [6, 6.07) is 9.42. The minimum absolute atomic E-state index is 0.0234. The Morgan fingerprint density at radius 2 is 2.29 bits per heavy atom. The van der Waals surface area contributed by atoms with Crippen molar-refractivity contribution < 1.29 is 14.4 Å². The molecule has 0 saturated carbocycles. The van der Waals surface area contributed by atoms with Gasteiger partial charge in [0.25, 0.3) is 0 Å². The number of nitrogens with one attached hydrogen (secondary N) is 1. The SMILES string of the molecule is COc1cc(CN[C@H](C)c2ccco2)ccc1/C(N)=N/O. The van der Waals surface area contributed by atoms with E-state index < -0.39 is 0 Å². The van der Waals surface area contributed by atoms with Crippen molar-refractivity contribution in [3.05, 3.63) is 53.5 Å². The molecule has 6 heteroatoms. The van der Waals surface area contributed by atoms with E-state index >= 15 is 0 Å². The number of ether oxygens (including phenoxy) is 1. The highest BCUT2D eigenvalue weighted by Crippen LogP contribution is 2.21. The number of furan rings is 1. The van der Waals surface area contributed by atoms with Crippen LogP contribution in [0.5, 0.6) is 5.75 Å². The molecule has 0 radical (unpaired) electrons. The summed E-state index contributed by atoms with van der Waals surface area (Å²) in [5.74, 6) is 1.47. The predicted octanol–water partition coefficient (Wildman–Crippen LogP) is 2.23. The van der Waals surface area contributed by atoms with Gasteiger partial charge in [-0.1, -0.05) is 11.2 Å². The van der Waals surface area contributed by atoms with Crippen LogP contribution < -0.4 is 15.8 Å². The van der Waals surface area contributed by atoms with Crippen LogP contribution in [0, 0.1) is 0 Å². The normalized spacial score (nSPS) is 13.1. The van der Waals surface area contributed by atoms with E-state index in [1.165, 1.54) is 0 Å². The van der Waals surface area contributed by atoms with Crippen molar-refractivity contribution in [3.8, 4) is 5.75 Å². The van der Waals surface area contributed by atoms with Gasteiger partial charge < -0.3 is 25.4 Å². The Kier molecular flexibility index (Phi) is 4.84. The zero-order valence-corrected chi connectivity index (χ0v) is 12.0. The maximum Gasteiger partial charge on any atom is 0.173 e. The fourth-order valence-corrected chi connectivity index (χ4v) is 2.02. The van der Waals surface area contributed by atoms with Gasteiger partial charge in [-0.2, -0.15) is 0 Å². The first-order valence-electron chi connectivity index (χ1n) is 6.57. The van der Waals surface area contributed by atoms with Crippen molar-refractivity contribution in [2.45, 2.75) is 19.5 Å². The molecule has 0 aliphatic rings. The van der Waals surface area contributed by atoms with Crippen molar-refractivity contribution in [2.24, 2.45) is 10.9 Å². The monoisotopic (exact) mass is 289 g/mol. The molecule has 21 heavy (non-hydrogen) atoms. The van der Waals surface area contributed by atoms with Gasteiger partial charge in [-0.25, -0.2) is 0 Å². The molecule has 4 N–H and O–H groups in total. The zero-order chi connectivity index (χ0) is 15.2. The summed E-state index contributed by atoms with van der Waals surface area (Å²) < 4.78 is 10.6. The number of hydrogen-bond acceptors (Lipinski definition) is 5. The molecule has 6 nitrogen and oxygen atoms in total. The molecule has 1 aromatic carbocycles. The molecule has 0 aliphatic heterocycles. The van der Waals surface area contributed by atoms with Crippen LogP contribution in [0.4, 0.5) is 0 Å². The molecule has 2 rings (SSSR count). The van der Waals surface area contributed by atoms with Gasteiger partial charge in [-0.3, -0.25) is 0 Å². The van der Waals surface area contributed by atoms with Crippen molar-refractivity contribution in [2.75, 3.05) is 7.11 Å². The number of benzene rings is 1. The quantitative estimate of drug-likeness (QED) is 0.328. The lowest BCUT2D eigenvalue weighted by Crippen LogP contribution is -2.18. The summed E-state index contributed by atoms with van der Waals surface area (Å²) in [6.07, 6.45) is 1.66. The van der Waals surface area contributed by atoms with E-state index in [1.807, 2.05) is 31.2 Å². The standard InChI is InChI=1S/C15H19N3O3/c1-10(13-4-3-7-21-13)17-9-11-5-6-12(15(16)18-19)14(8-11)20-2/h3-8,10,17,19H,9H2,1-2H3,(H2,16,18)/t10-/m1/s1. The van der Waals surface area contributed by atoms with Crippen molar-refractivity contribution in [1.82, 2.24) is 5.32 Å². The number of oxime groups is 1. The fourth-order valence-electron chi connectivity index (χ4n) is 2.02. The molecular formula is C15H19N3O3. The minimum atomic E-state index is 0.0234. The van der Waals surface area contributed by atoms with Gasteiger partial charge in [0, 0.05) is 6.54 Å². The highest BCUT2D eigenvalue weighted by molar-refractivity contribution is 5.99. The van der Waals surface area contributed by atoms with E-state index in [9.17, 15) is 0 Å². The van der Waals surface area contributed by atoms with Crippen LogP contribution in [0.3, 0.4) is 0 Å². The molecule has 1 heterocycles. The average Bonchev–Trinajstić information content (AvgIpc) is 3.06. The summed E-state index contributed by atoms with van der Waals surface area (Å²) in [6.45, 7) is 2.68. The topological polar surface area (TPSA) is 93.0 Å². The maximum absolute atomic E-state index is 8.74. The first-order chi connectivity index (χ1) is 10.2. The lowest BCUT2D eigenvalue weighted by atomic mass is 10.1. The van der Waals surface area contributed by atoms with E-state index in [2.05, 4.69) is 10.5 Å². The van der Waals surface area contributed by atoms with Gasteiger partial charge in [-0.05, 0) is 36.8 Å². The Morgan fingerprint density at radius 1 is 1.48 bits per heavy atom. The lowest BCUT2D eigenvalue weighted by Gasteiger charge is -2.13. The van der Waals surface area contributed by atoms with Gasteiger partial charge >= 0.3 is 0 Å². The molecule has 1 aromatic heterocycles. The number of hydrogen-bond donors (Lipinski definition) is 3. The highest BCUT2D eigenvalue weighted by atomic mass is 16.5. The predicted molar refractivity (Wildman–Crippen MR) is 79.5 cm³/mol. The maximum atomic E-state index is 8.74. The molecular weight excluding hydrogens is 270 g/mol. The number of rotatable bonds is 6. The van der Waals surface area contributed by atoms with Crippen LogP contribution in [0.2, 0.25) is 0 Å². The molecule has 0 spiro atoms. The van der Waals surface area contributed by atoms with Crippen LogP contribution in [0.1, 0.15) is 29.9 Å². The van der Waals surface area contributed by atoms with Crippen LogP contribution in [0.25, 0.3) is 0 Å². The summed E-state index contributed by atoms with van der Waals surface area (Å²) in [5, 5.41) is 15.1. The molecule has 2 aromatic rings. The Morgan fingerprint density at radius 3 is 2.90 bits per heavy atom. The van der Waals surface area contributed by atoms with Gasteiger partial charge in [0.2, 0.25) is 0 Å². The third-order valence-electron chi connectivity index (χ3n) is 3.23. The van der Waals surface area contributed by atoms with Crippen molar-refractivity contribution in [3.63, 3.8) is 0 Å². The van der Waals surface area contributed by atoms with Crippen LogP contribution in [-0.2, 0) is 6.54 Å². The Hall–Kier alpha value is -2.47. The van der Waals surface area contributed by atoms with E-state index in [0.717, 1.165) is 11.3 Å². The Labute approximate surface area is 123 Å². The van der Waals surface area contributed by atoms with Crippen molar-refractivity contribution in [1.29, 1.82) is 0 Å². The summed E-state index contributed by atoms with van der Waals surface area (Å²) >= 11 is 0. The third-order valence-corrected chi connectivity index (χ3v) is 3.23. The van der Waals surface area contributed by atoms with Crippen molar-refractivity contribution >= 4 is 5.84 Å². The van der Waals surface area contributed by atoms with E-state index in [4.69, 9.17) is 20.1 Å². The molecule has 0 aliphatic carbocycles. The largest absolute Gasteiger partial charge is 0.496 e. The average molecular weight is 289 g/mol. The number of amidine groups is 1. The lowest BCUT2D eigenvalue weighted by molar-refractivity contribution is 0.318. The molecule has 0 bridgehead atoms.